The van der Waals surface area contributed by atoms with Gasteiger partial charge in [-0.2, -0.15) is 0 Å². The fraction of sp³-hybridized carbons (Fsp3) is 0.417. The van der Waals surface area contributed by atoms with Gasteiger partial charge in [-0.3, -0.25) is 9.78 Å². The topological polar surface area (TPSA) is 94.3 Å². The Bertz CT molecular complexity index is 395. The molecule has 0 saturated carbocycles. The number of rotatable bonds is 6. The van der Waals surface area contributed by atoms with E-state index in [9.17, 15) is 9.59 Å². The number of nitrogens with two attached hydrogens (primary N) is 1. The molecule has 0 fully saturated rings. The van der Waals surface area contributed by atoms with Gasteiger partial charge in [-0.25, -0.2) is 4.79 Å². The number of amides is 2. The van der Waals surface area contributed by atoms with Crippen molar-refractivity contribution in [1.29, 1.82) is 0 Å². The largest absolute Gasteiger partial charge is 0.436 e. The van der Waals surface area contributed by atoms with Gasteiger partial charge in [-0.1, -0.05) is 0 Å². The molecule has 0 saturated heterocycles. The maximum Gasteiger partial charge on any atom is 0.405 e. The minimum atomic E-state index is -0.937. The van der Waals surface area contributed by atoms with E-state index in [0.717, 1.165) is 18.4 Å². The van der Waals surface area contributed by atoms with Crippen molar-refractivity contribution in [3.63, 3.8) is 0 Å². The number of aryl methyl sites for hydroxylation is 1. The van der Waals surface area contributed by atoms with Crippen molar-refractivity contribution in [2.45, 2.75) is 25.4 Å². The van der Waals surface area contributed by atoms with E-state index in [0.29, 0.717) is 6.42 Å². The van der Waals surface area contributed by atoms with Crippen molar-refractivity contribution in [3.8, 4) is 0 Å². The summed E-state index contributed by atoms with van der Waals surface area (Å²) < 4.78 is 4.76. The van der Waals surface area contributed by atoms with E-state index in [1.165, 1.54) is 7.05 Å². The zero-order valence-corrected chi connectivity index (χ0v) is 10.3. The SMILES string of the molecule is CNC(=O)[C@H](CCCc1ccncc1)OC(N)=O. The number of carbonyl (C=O) groups is 2. The van der Waals surface area contributed by atoms with Crippen LogP contribution < -0.4 is 11.1 Å². The van der Waals surface area contributed by atoms with Gasteiger partial charge < -0.3 is 15.8 Å². The lowest BCUT2D eigenvalue weighted by atomic mass is 10.1. The first-order valence-electron chi connectivity index (χ1n) is 5.70. The van der Waals surface area contributed by atoms with Crippen molar-refractivity contribution < 1.29 is 14.3 Å². The minimum Gasteiger partial charge on any atom is -0.436 e. The number of hydrogen-bond acceptors (Lipinski definition) is 4. The van der Waals surface area contributed by atoms with E-state index in [1.807, 2.05) is 12.1 Å². The molecule has 0 radical (unpaired) electrons. The van der Waals surface area contributed by atoms with Gasteiger partial charge >= 0.3 is 6.09 Å². The van der Waals surface area contributed by atoms with E-state index < -0.39 is 12.2 Å². The van der Waals surface area contributed by atoms with Gasteiger partial charge in [0.15, 0.2) is 6.10 Å². The number of aromatic nitrogens is 1. The smallest absolute Gasteiger partial charge is 0.405 e. The molecule has 0 aliphatic rings. The minimum absolute atomic E-state index is 0.344. The van der Waals surface area contributed by atoms with E-state index >= 15 is 0 Å². The zero-order valence-electron chi connectivity index (χ0n) is 10.3. The lowest BCUT2D eigenvalue weighted by molar-refractivity contribution is -0.129. The first-order chi connectivity index (χ1) is 8.63. The molecule has 0 bridgehead atoms. The number of nitrogens with zero attached hydrogens (tertiary/aromatic N) is 1. The average molecular weight is 251 g/mol. The molecule has 0 aliphatic carbocycles. The summed E-state index contributed by atoms with van der Waals surface area (Å²) in [6, 6.07) is 3.81. The Morgan fingerprint density at radius 2 is 2.11 bits per heavy atom. The summed E-state index contributed by atoms with van der Waals surface area (Å²) in [5.41, 5.74) is 6.04. The average Bonchev–Trinajstić information content (AvgIpc) is 2.37. The third-order valence-corrected chi connectivity index (χ3v) is 2.48. The van der Waals surface area contributed by atoms with Crippen molar-refractivity contribution in [1.82, 2.24) is 10.3 Å². The standard InChI is InChI=1S/C12H17N3O3/c1-14-11(16)10(18-12(13)17)4-2-3-9-5-7-15-8-6-9/h5-8,10H,2-4H2,1H3,(H2,13,17)(H,14,16)/t10-/m0/s1. The van der Waals surface area contributed by atoms with Crippen molar-refractivity contribution in [2.24, 2.45) is 5.73 Å². The summed E-state index contributed by atoms with van der Waals surface area (Å²) in [7, 11) is 1.49. The number of pyridine rings is 1. The maximum absolute atomic E-state index is 11.4. The third kappa shape index (κ3) is 4.82. The highest BCUT2D eigenvalue weighted by Crippen LogP contribution is 2.08. The highest BCUT2D eigenvalue weighted by Gasteiger charge is 2.19. The van der Waals surface area contributed by atoms with Crippen LogP contribution in [-0.4, -0.2) is 30.1 Å². The molecular weight excluding hydrogens is 234 g/mol. The molecule has 1 aromatic rings. The molecule has 0 aliphatic heterocycles. The molecule has 0 spiro atoms. The Hall–Kier alpha value is -2.11. The summed E-state index contributed by atoms with van der Waals surface area (Å²) in [5.74, 6) is -0.344. The van der Waals surface area contributed by atoms with Crippen LogP contribution in [0.15, 0.2) is 24.5 Å². The van der Waals surface area contributed by atoms with Crippen LogP contribution in [0, 0.1) is 0 Å². The number of ether oxygens (including phenoxy) is 1. The fourth-order valence-corrected chi connectivity index (χ4v) is 1.59. The van der Waals surface area contributed by atoms with E-state index in [4.69, 9.17) is 10.5 Å². The summed E-state index contributed by atoms with van der Waals surface area (Å²) >= 11 is 0. The third-order valence-electron chi connectivity index (χ3n) is 2.48. The number of primary amides is 1. The van der Waals surface area contributed by atoms with Crippen LogP contribution in [0.25, 0.3) is 0 Å². The van der Waals surface area contributed by atoms with E-state index in [-0.39, 0.29) is 5.91 Å². The van der Waals surface area contributed by atoms with E-state index in [1.54, 1.807) is 12.4 Å². The Morgan fingerprint density at radius 3 is 2.67 bits per heavy atom. The molecule has 2 amide bonds. The van der Waals surface area contributed by atoms with Crippen molar-refractivity contribution in [2.75, 3.05) is 7.05 Å². The Labute approximate surface area is 106 Å². The number of hydrogen-bond donors (Lipinski definition) is 2. The molecule has 3 N–H and O–H groups in total. The van der Waals surface area contributed by atoms with Gasteiger partial charge in [0.25, 0.3) is 5.91 Å². The van der Waals surface area contributed by atoms with Crippen molar-refractivity contribution >= 4 is 12.0 Å². The molecule has 1 aromatic heterocycles. The number of carbonyl (C=O) groups excluding carboxylic acids is 2. The first-order valence-corrected chi connectivity index (χ1v) is 5.70. The Kier molecular flexibility index (Phi) is 5.63. The summed E-state index contributed by atoms with van der Waals surface area (Å²) in [6.45, 7) is 0. The maximum atomic E-state index is 11.4. The molecule has 1 heterocycles. The highest BCUT2D eigenvalue weighted by atomic mass is 16.6. The van der Waals surface area contributed by atoms with Crippen LogP contribution >= 0.6 is 0 Å². The first kappa shape index (κ1) is 14.0. The van der Waals surface area contributed by atoms with Gasteiger partial charge in [0, 0.05) is 19.4 Å². The molecule has 6 nitrogen and oxygen atoms in total. The lowest BCUT2D eigenvalue weighted by Gasteiger charge is -2.14. The number of likely N-dealkylation sites (N-methyl/N-ethyl adjacent to an activating group) is 1. The highest BCUT2D eigenvalue weighted by molar-refractivity contribution is 5.82. The second-order valence-corrected chi connectivity index (χ2v) is 3.79. The van der Waals surface area contributed by atoms with Crippen LogP contribution in [0.3, 0.4) is 0 Å². The van der Waals surface area contributed by atoms with Gasteiger partial charge in [-0.05, 0) is 37.0 Å². The quantitative estimate of drug-likeness (QED) is 0.774. The summed E-state index contributed by atoms with van der Waals surface area (Å²) in [4.78, 5) is 26.0. The second-order valence-electron chi connectivity index (χ2n) is 3.79. The molecule has 6 heteroatoms. The lowest BCUT2D eigenvalue weighted by Crippen LogP contribution is -2.37. The van der Waals surface area contributed by atoms with E-state index in [2.05, 4.69) is 10.3 Å². The van der Waals surface area contributed by atoms with Crippen LogP contribution in [0.5, 0.6) is 0 Å². The molecule has 0 unspecified atom stereocenters. The summed E-state index contributed by atoms with van der Waals surface area (Å²) in [6.07, 6.45) is 3.61. The monoisotopic (exact) mass is 251 g/mol. The molecule has 1 rings (SSSR count). The van der Waals surface area contributed by atoms with Crippen LogP contribution in [0.1, 0.15) is 18.4 Å². The van der Waals surface area contributed by atoms with Crippen LogP contribution in [0.4, 0.5) is 4.79 Å². The fourth-order valence-electron chi connectivity index (χ4n) is 1.59. The normalized spacial score (nSPS) is 11.6. The van der Waals surface area contributed by atoms with Gasteiger partial charge in [0.1, 0.15) is 0 Å². The van der Waals surface area contributed by atoms with Crippen LogP contribution in [-0.2, 0) is 16.0 Å². The Morgan fingerprint density at radius 1 is 1.44 bits per heavy atom. The molecule has 1 atom stereocenters. The molecule has 0 aromatic carbocycles. The number of nitrogens with one attached hydrogen (secondary N) is 1. The van der Waals surface area contributed by atoms with Crippen LogP contribution in [0.2, 0.25) is 0 Å². The molecule has 98 valence electrons. The molecule has 18 heavy (non-hydrogen) atoms. The zero-order chi connectivity index (χ0) is 13.4. The van der Waals surface area contributed by atoms with Gasteiger partial charge in [0.2, 0.25) is 0 Å². The van der Waals surface area contributed by atoms with Gasteiger partial charge in [0.05, 0.1) is 0 Å². The summed E-state index contributed by atoms with van der Waals surface area (Å²) in [5, 5.41) is 2.44. The second kappa shape index (κ2) is 7.26. The molecular formula is C12H17N3O3. The predicted molar refractivity (Wildman–Crippen MR) is 65.7 cm³/mol. The predicted octanol–water partition coefficient (Wildman–Crippen LogP) is 0.614. The van der Waals surface area contributed by atoms with Crippen molar-refractivity contribution in [3.05, 3.63) is 30.1 Å². The van der Waals surface area contributed by atoms with Gasteiger partial charge in [-0.15, -0.1) is 0 Å². The Balaban J connectivity index is 2.42.